The Bertz CT molecular complexity index is 833. The molecule has 0 unspecified atom stereocenters. The number of fused-ring (bicyclic) bond motifs is 1. The Labute approximate surface area is 131 Å². The Balaban J connectivity index is 1.97. The fraction of sp³-hybridized carbons (Fsp3) is 0. The van der Waals surface area contributed by atoms with Crippen LogP contribution in [0.4, 0.5) is 5.69 Å². The minimum absolute atomic E-state index is 0.249. The number of amides is 1. The molecule has 2 aromatic carbocycles. The summed E-state index contributed by atoms with van der Waals surface area (Å²) in [6.45, 7) is 0. The summed E-state index contributed by atoms with van der Waals surface area (Å²) in [5.74, 6) is -0.351. The van der Waals surface area contributed by atoms with E-state index >= 15 is 0 Å². The van der Waals surface area contributed by atoms with Crippen LogP contribution in [0.2, 0.25) is 10.0 Å². The first kappa shape index (κ1) is 13.9. The molecule has 0 aliphatic heterocycles. The van der Waals surface area contributed by atoms with Gasteiger partial charge in [-0.3, -0.25) is 4.79 Å². The number of hydrogen-bond acceptors (Lipinski definition) is 2. The molecule has 5 heteroatoms. The van der Waals surface area contributed by atoms with Crippen LogP contribution in [0.1, 0.15) is 10.5 Å². The number of anilines is 1. The van der Waals surface area contributed by atoms with Gasteiger partial charge >= 0.3 is 0 Å². The van der Waals surface area contributed by atoms with Crippen molar-refractivity contribution in [3.8, 4) is 0 Å². The maximum Gasteiger partial charge on any atom is 0.274 e. The molecular formula is C16H10Cl2N2O. The second-order valence-electron chi connectivity index (χ2n) is 4.44. The summed E-state index contributed by atoms with van der Waals surface area (Å²) in [6.07, 6.45) is 0. The van der Waals surface area contributed by atoms with Gasteiger partial charge in [0.2, 0.25) is 0 Å². The molecule has 21 heavy (non-hydrogen) atoms. The maximum absolute atomic E-state index is 12.3. The molecule has 0 spiro atoms. The summed E-state index contributed by atoms with van der Waals surface area (Å²) in [7, 11) is 0. The van der Waals surface area contributed by atoms with Crippen LogP contribution < -0.4 is 5.32 Å². The van der Waals surface area contributed by atoms with Gasteiger partial charge in [0.05, 0.1) is 21.2 Å². The summed E-state index contributed by atoms with van der Waals surface area (Å²) < 4.78 is 0. The van der Waals surface area contributed by atoms with Gasteiger partial charge in [-0.1, -0.05) is 53.5 Å². The van der Waals surface area contributed by atoms with Gasteiger partial charge in [-0.2, -0.15) is 0 Å². The van der Waals surface area contributed by atoms with Crippen molar-refractivity contribution in [2.45, 2.75) is 0 Å². The Hall–Kier alpha value is -2.10. The van der Waals surface area contributed by atoms with Crippen LogP contribution in [0.5, 0.6) is 0 Å². The number of pyridine rings is 1. The first-order chi connectivity index (χ1) is 10.1. The molecule has 1 heterocycles. The largest absolute Gasteiger partial charge is 0.319 e. The predicted molar refractivity (Wildman–Crippen MR) is 86.2 cm³/mol. The van der Waals surface area contributed by atoms with Crippen LogP contribution in [0.15, 0.2) is 54.6 Å². The lowest BCUT2D eigenvalue weighted by Crippen LogP contribution is -2.14. The second-order valence-corrected chi connectivity index (χ2v) is 5.25. The van der Waals surface area contributed by atoms with E-state index < -0.39 is 0 Å². The highest BCUT2D eigenvalue weighted by atomic mass is 35.5. The Morgan fingerprint density at radius 3 is 2.48 bits per heavy atom. The lowest BCUT2D eigenvalue weighted by atomic mass is 10.2. The number of carbonyl (C=O) groups excluding carboxylic acids is 1. The molecule has 0 fully saturated rings. The van der Waals surface area contributed by atoms with E-state index in [1.165, 1.54) is 0 Å². The van der Waals surface area contributed by atoms with Crippen LogP contribution in [0.3, 0.4) is 0 Å². The molecule has 0 radical (unpaired) electrons. The number of rotatable bonds is 2. The van der Waals surface area contributed by atoms with E-state index in [0.29, 0.717) is 21.2 Å². The quantitative estimate of drug-likeness (QED) is 0.738. The SMILES string of the molecule is O=C(Nc1ccccc1Cl)c1cc(Cl)c2ccccc2n1. The first-order valence-electron chi connectivity index (χ1n) is 6.26. The van der Waals surface area contributed by atoms with Crippen molar-refractivity contribution in [1.82, 2.24) is 4.98 Å². The van der Waals surface area contributed by atoms with E-state index in [0.717, 1.165) is 5.39 Å². The molecule has 1 N–H and O–H groups in total. The molecule has 0 aliphatic carbocycles. The van der Waals surface area contributed by atoms with Gasteiger partial charge < -0.3 is 5.32 Å². The lowest BCUT2D eigenvalue weighted by Gasteiger charge is -2.08. The van der Waals surface area contributed by atoms with Crippen LogP contribution in [-0.4, -0.2) is 10.9 Å². The van der Waals surface area contributed by atoms with Crippen molar-refractivity contribution < 1.29 is 4.79 Å². The van der Waals surface area contributed by atoms with Crippen molar-refractivity contribution in [3.05, 3.63) is 70.3 Å². The van der Waals surface area contributed by atoms with Crippen LogP contribution >= 0.6 is 23.2 Å². The van der Waals surface area contributed by atoms with Crippen molar-refractivity contribution in [2.75, 3.05) is 5.32 Å². The molecule has 0 atom stereocenters. The summed E-state index contributed by atoms with van der Waals surface area (Å²) in [5.41, 5.74) is 1.46. The molecule has 0 bridgehead atoms. The van der Waals surface area contributed by atoms with E-state index in [2.05, 4.69) is 10.3 Å². The van der Waals surface area contributed by atoms with E-state index in [1.54, 1.807) is 30.3 Å². The molecule has 104 valence electrons. The highest BCUT2D eigenvalue weighted by Crippen LogP contribution is 2.24. The van der Waals surface area contributed by atoms with Gasteiger partial charge in [-0.25, -0.2) is 4.98 Å². The van der Waals surface area contributed by atoms with Crippen LogP contribution in [0, 0.1) is 0 Å². The Morgan fingerprint density at radius 2 is 1.67 bits per heavy atom. The predicted octanol–water partition coefficient (Wildman–Crippen LogP) is 4.79. The van der Waals surface area contributed by atoms with Gasteiger partial charge in [0, 0.05) is 5.39 Å². The fourth-order valence-electron chi connectivity index (χ4n) is 2.00. The third-order valence-corrected chi connectivity index (χ3v) is 3.66. The number of nitrogens with one attached hydrogen (secondary N) is 1. The Kier molecular flexibility index (Phi) is 3.78. The van der Waals surface area contributed by atoms with E-state index in [1.807, 2.05) is 24.3 Å². The maximum atomic E-state index is 12.3. The van der Waals surface area contributed by atoms with Crippen molar-refractivity contribution in [1.29, 1.82) is 0 Å². The minimum Gasteiger partial charge on any atom is -0.319 e. The first-order valence-corrected chi connectivity index (χ1v) is 7.02. The second kappa shape index (κ2) is 5.72. The van der Waals surface area contributed by atoms with Gasteiger partial charge in [-0.15, -0.1) is 0 Å². The number of halogens is 2. The average Bonchev–Trinajstić information content (AvgIpc) is 2.49. The summed E-state index contributed by atoms with van der Waals surface area (Å²) in [6, 6.07) is 16.0. The van der Waals surface area contributed by atoms with Gasteiger partial charge in [0.25, 0.3) is 5.91 Å². The van der Waals surface area contributed by atoms with Gasteiger partial charge in [0.1, 0.15) is 5.69 Å². The van der Waals surface area contributed by atoms with Crippen molar-refractivity contribution >= 4 is 45.7 Å². The molecular weight excluding hydrogens is 307 g/mol. The monoisotopic (exact) mass is 316 g/mol. The fourth-order valence-corrected chi connectivity index (χ4v) is 2.44. The molecule has 0 aliphatic rings. The topological polar surface area (TPSA) is 42.0 Å². The molecule has 0 saturated heterocycles. The van der Waals surface area contributed by atoms with Crippen LogP contribution in [0.25, 0.3) is 10.9 Å². The van der Waals surface area contributed by atoms with Gasteiger partial charge in [0.15, 0.2) is 0 Å². The van der Waals surface area contributed by atoms with Crippen LogP contribution in [-0.2, 0) is 0 Å². The number of benzene rings is 2. The lowest BCUT2D eigenvalue weighted by molar-refractivity contribution is 0.102. The van der Waals surface area contributed by atoms with Gasteiger partial charge in [-0.05, 0) is 24.3 Å². The normalized spacial score (nSPS) is 10.6. The molecule has 3 rings (SSSR count). The molecule has 0 saturated carbocycles. The number of para-hydroxylation sites is 2. The summed E-state index contributed by atoms with van der Waals surface area (Å²) in [5, 5.41) is 4.50. The smallest absolute Gasteiger partial charge is 0.274 e. The standard InChI is InChI=1S/C16H10Cl2N2O/c17-11-6-2-4-8-14(11)20-16(21)15-9-12(18)10-5-1-3-7-13(10)19-15/h1-9H,(H,20,21). The number of nitrogens with zero attached hydrogens (tertiary/aromatic N) is 1. The summed E-state index contributed by atoms with van der Waals surface area (Å²) in [4.78, 5) is 16.6. The zero-order valence-corrected chi connectivity index (χ0v) is 12.3. The molecule has 1 amide bonds. The third-order valence-electron chi connectivity index (χ3n) is 3.02. The zero-order valence-electron chi connectivity index (χ0n) is 10.8. The number of hydrogen-bond donors (Lipinski definition) is 1. The van der Waals surface area contributed by atoms with Crippen molar-refractivity contribution in [2.24, 2.45) is 0 Å². The number of aromatic nitrogens is 1. The molecule has 3 nitrogen and oxygen atoms in total. The number of carbonyl (C=O) groups is 1. The van der Waals surface area contributed by atoms with E-state index in [4.69, 9.17) is 23.2 Å². The highest BCUT2D eigenvalue weighted by Gasteiger charge is 2.12. The molecule has 1 aromatic heterocycles. The van der Waals surface area contributed by atoms with E-state index in [9.17, 15) is 4.79 Å². The van der Waals surface area contributed by atoms with Crippen molar-refractivity contribution in [3.63, 3.8) is 0 Å². The minimum atomic E-state index is -0.351. The Morgan fingerprint density at radius 1 is 0.952 bits per heavy atom. The average molecular weight is 317 g/mol. The highest BCUT2D eigenvalue weighted by molar-refractivity contribution is 6.36. The zero-order chi connectivity index (χ0) is 14.8. The van der Waals surface area contributed by atoms with E-state index in [-0.39, 0.29) is 11.6 Å². The third kappa shape index (κ3) is 2.84. The summed E-state index contributed by atoms with van der Waals surface area (Å²) >= 11 is 12.2. The molecule has 3 aromatic rings.